The maximum atomic E-state index is 13.3. The number of cyclic esters (lactones) is 1. The Kier molecular flexibility index (Phi) is 7.39. The van der Waals surface area contributed by atoms with E-state index in [4.69, 9.17) is 4.74 Å². The van der Waals surface area contributed by atoms with Crippen LogP contribution in [0.15, 0.2) is 54.6 Å². The average molecular weight is 503 g/mol. The first kappa shape index (κ1) is 26.8. The molecule has 6 nitrogen and oxygen atoms in total. The minimum Gasteiger partial charge on any atom is -0.438 e. The third kappa shape index (κ3) is 6.72. The second-order valence-electron chi connectivity index (χ2n) is 11.6. The number of nitrogens with one attached hydrogen (secondary N) is 1. The lowest BCUT2D eigenvalue weighted by atomic mass is 9.80. The second-order valence-corrected chi connectivity index (χ2v) is 11.6. The van der Waals surface area contributed by atoms with E-state index in [-0.39, 0.29) is 24.0 Å². The lowest BCUT2D eigenvalue weighted by Crippen LogP contribution is -2.51. The Morgan fingerprint density at radius 1 is 1.14 bits per heavy atom. The van der Waals surface area contributed by atoms with Crippen LogP contribution in [0.25, 0.3) is 0 Å². The van der Waals surface area contributed by atoms with Gasteiger partial charge in [-0.2, -0.15) is 0 Å². The Balaban J connectivity index is 1.44. The van der Waals surface area contributed by atoms with Crippen LogP contribution in [-0.2, 0) is 15.1 Å². The van der Waals surface area contributed by atoms with Crippen LogP contribution < -0.4 is 5.32 Å². The molecular formula is C31H38N2O4. The minimum absolute atomic E-state index is 0.0794. The number of nitrogens with zero attached hydrogens (tertiary/aromatic N) is 1. The van der Waals surface area contributed by atoms with Gasteiger partial charge in [-0.25, -0.2) is 4.79 Å². The molecule has 1 unspecified atom stereocenters. The fraction of sp³-hybridized carbons (Fsp3) is 0.484. The van der Waals surface area contributed by atoms with Gasteiger partial charge in [0, 0.05) is 30.9 Å². The summed E-state index contributed by atoms with van der Waals surface area (Å²) in [5.74, 6) is 6.55. The zero-order valence-electron chi connectivity index (χ0n) is 22.5. The van der Waals surface area contributed by atoms with Crippen molar-refractivity contribution in [2.75, 3.05) is 6.54 Å². The van der Waals surface area contributed by atoms with Gasteiger partial charge in [0.05, 0.1) is 17.2 Å². The topological polar surface area (TPSA) is 78.9 Å². The number of benzene rings is 2. The predicted octanol–water partition coefficient (Wildman–Crippen LogP) is 5.30. The quantitative estimate of drug-likeness (QED) is 0.504. The zero-order valence-corrected chi connectivity index (χ0v) is 22.5. The first-order chi connectivity index (χ1) is 17.4. The molecular weight excluding hydrogens is 464 g/mol. The molecule has 0 spiro atoms. The SMILES string of the molecule is C[C@@H](c1ccc(C#CC(C)(C)NC(=O)C2CC2)cc1)N1CCC(CC(C)(C)O)(c2ccccc2)OC1=O. The van der Waals surface area contributed by atoms with Gasteiger partial charge in [0.1, 0.15) is 5.60 Å². The van der Waals surface area contributed by atoms with Gasteiger partial charge in [0.2, 0.25) is 5.91 Å². The van der Waals surface area contributed by atoms with Crippen LogP contribution in [0.1, 0.15) is 83.0 Å². The molecule has 2 fully saturated rings. The number of carbonyl (C=O) groups is 2. The standard InChI is InChI=1S/C31H38N2O4/c1-22(24-13-11-23(12-14-24)17-18-29(2,3)32-27(34)25-15-16-25)33-20-19-31(37-28(33)35,21-30(4,5)36)26-9-7-6-8-10-26/h6-14,22,25,36H,15-16,19-21H2,1-5H3,(H,32,34)/t22-,31?/m0/s1. The highest BCUT2D eigenvalue weighted by Gasteiger charge is 2.46. The third-order valence-corrected chi connectivity index (χ3v) is 7.06. The molecule has 1 aliphatic carbocycles. The van der Waals surface area contributed by atoms with Crippen LogP contribution in [0.3, 0.4) is 0 Å². The summed E-state index contributed by atoms with van der Waals surface area (Å²) in [6.45, 7) is 9.81. The van der Waals surface area contributed by atoms with Crippen molar-refractivity contribution in [3.05, 3.63) is 71.3 Å². The summed E-state index contributed by atoms with van der Waals surface area (Å²) < 4.78 is 6.11. The molecule has 37 heavy (non-hydrogen) atoms. The average Bonchev–Trinajstić information content (AvgIpc) is 3.68. The van der Waals surface area contributed by atoms with Crippen LogP contribution in [0.4, 0.5) is 4.79 Å². The van der Waals surface area contributed by atoms with E-state index in [2.05, 4.69) is 17.2 Å². The molecule has 0 aromatic heterocycles. The van der Waals surface area contributed by atoms with Crippen molar-refractivity contribution >= 4 is 12.0 Å². The van der Waals surface area contributed by atoms with E-state index in [1.54, 1.807) is 18.7 Å². The number of amides is 2. The molecule has 196 valence electrons. The molecule has 2 aromatic carbocycles. The van der Waals surface area contributed by atoms with Gasteiger partial charge in [-0.15, -0.1) is 0 Å². The van der Waals surface area contributed by atoms with Gasteiger partial charge < -0.3 is 20.1 Å². The summed E-state index contributed by atoms with van der Waals surface area (Å²) in [6, 6.07) is 17.4. The van der Waals surface area contributed by atoms with Crippen molar-refractivity contribution < 1.29 is 19.4 Å². The number of rotatable bonds is 7. The van der Waals surface area contributed by atoms with Crippen LogP contribution in [0.2, 0.25) is 0 Å². The van der Waals surface area contributed by atoms with E-state index in [9.17, 15) is 14.7 Å². The van der Waals surface area contributed by atoms with Gasteiger partial charge in [-0.1, -0.05) is 54.3 Å². The Morgan fingerprint density at radius 2 is 1.78 bits per heavy atom. The number of carbonyl (C=O) groups excluding carboxylic acids is 2. The van der Waals surface area contributed by atoms with Gasteiger partial charge in [0.15, 0.2) is 0 Å². The molecule has 1 saturated heterocycles. The van der Waals surface area contributed by atoms with Gasteiger partial charge in [-0.05, 0) is 70.7 Å². The second kappa shape index (κ2) is 10.2. The summed E-state index contributed by atoms with van der Waals surface area (Å²) >= 11 is 0. The van der Waals surface area contributed by atoms with Crippen molar-refractivity contribution in [1.29, 1.82) is 0 Å². The number of hydrogen-bond donors (Lipinski definition) is 2. The smallest absolute Gasteiger partial charge is 0.411 e. The van der Waals surface area contributed by atoms with Gasteiger partial charge >= 0.3 is 6.09 Å². The number of hydrogen-bond acceptors (Lipinski definition) is 4. The molecule has 2 aromatic rings. The number of ether oxygens (including phenoxy) is 1. The van der Waals surface area contributed by atoms with Crippen LogP contribution in [-0.4, -0.2) is 39.7 Å². The summed E-state index contributed by atoms with van der Waals surface area (Å²) in [5, 5.41) is 13.6. The summed E-state index contributed by atoms with van der Waals surface area (Å²) in [7, 11) is 0. The molecule has 0 radical (unpaired) electrons. The Hall–Kier alpha value is -3.30. The van der Waals surface area contributed by atoms with E-state index in [0.29, 0.717) is 19.4 Å². The van der Waals surface area contributed by atoms with Crippen molar-refractivity contribution in [2.45, 2.75) is 83.1 Å². The van der Waals surface area contributed by atoms with Crippen molar-refractivity contribution in [2.24, 2.45) is 5.92 Å². The summed E-state index contributed by atoms with van der Waals surface area (Å²) in [6.07, 6.45) is 2.45. The monoisotopic (exact) mass is 502 g/mol. The maximum Gasteiger partial charge on any atom is 0.411 e. The van der Waals surface area contributed by atoms with E-state index in [1.165, 1.54) is 0 Å². The van der Waals surface area contributed by atoms with Gasteiger partial charge in [-0.3, -0.25) is 4.79 Å². The van der Waals surface area contributed by atoms with E-state index < -0.39 is 16.7 Å². The highest BCUT2D eigenvalue weighted by molar-refractivity contribution is 5.82. The fourth-order valence-electron chi connectivity index (χ4n) is 4.93. The minimum atomic E-state index is -0.990. The summed E-state index contributed by atoms with van der Waals surface area (Å²) in [5.41, 5.74) is 0.274. The molecule has 2 aliphatic rings. The van der Waals surface area contributed by atoms with Crippen molar-refractivity contribution in [3.63, 3.8) is 0 Å². The number of aliphatic hydroxyl groups is 1. The molecule has 0 bridgehead atoms. The Bertz CT molecular complexity index is 1180. The summed E-state index contributed by atoms with van der Waals surface area (Å²) in [4.78, 5) is 27.1. The Morgan fingerprint density at radius 3 is 2.35 bits per heavy atom. The van der Waals surface area contributed by atoms with E-state index in [1.807, 2.05) is 75.4 Å². The highest BCUT2D eigenvalue weighted by Crippen LogP contribution is 2.42. The molecule has 1 saturated carbocycles. The van der Waals surface area contributed by atoms with E-state index >= 15 is 0 Å². The molecule has 1 heterocycles. The fourth-order valence-corrected chi connectivity index (χ4v) is 4.93. The Labute approximate surface area is 220 Å². The molecule has 4 rings (SSSR count). The van der Waals surface area contributed by atoms with Crippen molar-refractivity contribution in [3.8, 4) is 11.8 Å². The van der Waals surface area contributed by atoms with Crippen LogP contribution in [0, 0.1) is 17.8 Å². The lowest BCUT2D eigenvalue weighted by molar-refractivity contribution is -0.123. The largest absolute Gasteiger partial charge is 0.438 e. The van der Waals surface area contributed by atoms with E-state index in [0.717, 1.165) is 29.5 Å². The molecule has 6 heteroatoms. The zero-order chi connectivity index (χ0) is 26.8. The highest BCUT2D eigenvalue weighted by atomic mass is 16.6. The molecule has 1 aliphatic heterocycles. The van der Waals surface area contributed by atoms with Gasteiger partial charge in [0.25, 0.3) is 0 Å². The molecule has 2 N–H and O–H groups in total. The maximum absolute atomic E-state index is 13.3. The first-order valence-corrected chi connectivity index (χ1v) is 13.1. The van der Waals surface area contributed by atoms with Crippen LogP contribution >= 0.6 is 0 Å². The lowest BCUT2D eigenvalue weighted by Gasteiger charge is -2.45. The normalized spacial score (nSPS) is 20.9. The van der Waals surface area contributed by atoms with Crippen LogP contribution in [0.5, 0.6) is 0 Å². The van der Waals surface area contributed by atoms with Crippen molar-refractivity contribution in [1.82, 2.24) is 10.2 Å². The third-order valence-electron chi connectivity index (χ3n) is 7.06. The predicted molar refractivity (Wildman–Crippen MR) is 144 cm³/mol. The molecule has 2 amide bonds. The first-order valence-electron chi connectivity index (χ1n) is 13.1. The molecule has 2 atom stereocenters.